The summed E-state index contributed by atoms with van der Waals surface area (Å²) in [4.78, 5) is 53.5. The Kier molecular flexibility index (Phi) is 7.44. The molecule has 0 saturated carbocycles. The summed E-state index contributed by atoms with van der Waals surface area (Å²) in [6.45, 7) is 0. The number of hydrogen-bond donors (Lipinski definition) is 4. The summed E-state index contributed by atoms with van der Waals surface area (Å²) in [5, 5.41) is 30.9. The van der Waals surface area contributed by atoms with Crippen molar-refractivity contribution in [1.82, 2.24) is 15.2 Å². The lowest BCUT2D eigenvalue weighted by Gasteiger charge is -2.49. The molecule has 0 spiro atoms. The first-order valence-corrected chi connectivity index (χ1v) is 12.1. The molecule has 0 bridgehead atoms. The van der Waals surface area contributed by atoms with Crippen LogP contribution in [0.3, 0.4) is 0 Å². The maximum absolute atomic E-state index is 12.9. The van der Waals surface area contributed by atoms with Gasteiger partial charge in [-0.2, -0.15) is 5.26 Å². The quantitative estimate of drug-likeness (QED) is 0.213. The van der Waals surface area contributed by atoms with Crippen LogP contribution in [0.15, 0.2) is 22.7 Å². The van der Waals surface area contributed by atoms with Gasteiger partial charge < -0.3 is 21.3 Å². The summed E-state index contributed by atoms with van der Waals surface area (Å²) >= 11 is 3.65. The second kappa shape index (κ2) is 10.1. The van der Waals surface area contributed by atoms with Gasteiger partial charge in [-0.3, -0.25) is 19.3 Å². The van der Waals surface area contributed by atoms with Crippen molar-refractivity contribution in [3.05, 3.63) is 28.4 Å². The van der Waals surface area contributed by atoms with E-state index < -0.39 is 41.6 Å². The molecule has 2 amide bonds. The van der Waals surface area contributed by atoms with Crippen molar-refractivity contribution in [1.29, 1.82) is 5.26 Å². The molecule has 2 aliphatic heterocycles. The second-order valence-electron chi connectivity index (χ2n) is 6.56. The van der Waals surface area contributed by atoms with E-state index in [9.17, 15) is 24.3 Å². The molecule has 0 aromatic carbocycles. The molecule has 14 heteroatoms. The number of carbonyl (C=O) groups is 4. The highest BCUT2D eigenvalue weighted by Crippen LogP contribution is 2.41. The second-order valence-corrected chi connectivity index (χ2v) is 9.54. The van der Waals surface area contributed by atoms with Gasteiger partial charge in [0.2, 0.25) is 0 Å². The van der Waals surface area contributed by atoms with Gasteiger partial charge in [0.05, 0.1) is 29.5 Å². The van der Waals surface area contributed by atoms with Gasteiger partial charge in [0.15, 0.2) is 5.13 Å². The number of amides is 2. The summed E-state index contributed by atoms with van der Waals surface area (Å²) in [7, 11) is 0. The number of nitrogens with one attached hydrogen (secondary N) is 1. The average molecular weight is 496 g/mol. The van der Waals surface area contributed by atoms with E-state index in [1.165, 1.54) is 35.0 Å². The van der Waals surface area contributed by atoms with Crippen LogP contribution in [-0.2, 0) is 19.2 Å². The van der Waals surface area contributed by atoms with Crippen LogP contribution < -0.4 is 11.1 Å². The molecule has 1 aromatic heterocycles. The molecule has 0 radical (unpaired) electrons. The Balaban J connectivity index is 1.78. The first-order valence-electron chi connectivity index (χ1n) is 9.03. The summed E-state index contributed by atoms with van der Waals surface area (Å²) in [6.07, 6.45) is 0.757. The van der Waals surface area contributed by atoms with Crippen molar-refractivity contribution in [2.45, 2.75) is 17.8 Å². The summed E-state index contributed by atoms with van der Waals surface area (Å²) in [5.74, 6) is -2.83. The lowest BCUT2D eigenvalue weighted by atomic mass is 10.0. The molecule has 168 valence electrons. The number of nitrogens with two attached hydrogens (primary N) is 1. The van der Waals surface area contributed by atoms with Crippen molar-refractivity contribution in [3.63, 3.8) is 0 Å². The van der Waals surface area contributed by atoms with Gasteiger partial charge in [-0.05, 0) is 5.57 Å². The summed E-state index contributed by atoms with van der Waals surface area (Å²) in [5.41, 5.74) is 6.18. The maximum Gasteiger partial charge on any atom is 0.352 e. The predicted molar refractivity (Wildman–Crippen MR) is 119 cm³/mol. The van der Waals surface area contributed by atoms with Crippen molar-refractivity contribution < 1.29 is 29.4 Å². The van der Waals surface area contributed by atoms with E-state index in [4.69, 9.17) is 16.1 Å². The van der Waals surface area contributed by atoms with Crippen molar-refractivity contribution in [2.24, 2.45) is 0 Å². The van der Waals surface area contributed by atoms with Crippen molar-refractivity contribution >= 4 is 69.3 Å². The third-order valence-corrected chi connectivity index (χ3v) is 7.40. The molecule has 11 nitrogen and oxygen atoms in total. The van der Waals surface area contributed by atoms with E-state index >= 15 is 0 Å². The third-order valence-electron chi connectivity index (χ3n) is 4.50. The number of anilines is 1. The minimum absolute atomic E-state index is 0.0324. The van der Waals surface area contributed by atoms with Crippen LogP contribution >= 0.6 is 34.9 Å². The maximum atomic E-state index is 12.9. The number of carbonyl (C=O) groups excluding carboxylic acids is 2. The molecule has 2 aliphatic rings. The Morgan fingerprint density at radius 2 is 2.19 bits per heavy atom. The number of rotatable bonds is 9. The van der Waals surface area contributed by atoms with Crippen LogP contribution in [0, 0.1) is 11.3 Å². The number of nitrogens with zero attached hydrogens (tertiary/aromatic N) is 3. The van der Waals surface area contributed by atoms with Gasteiger partial charge >= 0.3 is 11.9 Å². The van der Waals surface area contributed by atoms with E-state index in [2.05, 4.69) is 10.3 Å². The lowest BCUT2D eigenvalue weighted by molar-refractivity contribution is -0.150. The first-order chi connectivity index (χ1) is 15.2. The molecule has 1 saturated heterocycles. The van der Waals surface area contributed by atoms with Crippen molar-refractivity contribution in [3.8, 4) is 6.07 Å². The van der Waals surface area contributed by atoms with Crippen LogP contribution in [0.1, 0.15) is 12.1 Å². The summed E-state index contributed by atoms with van der Waals surface area (Å²) in [6, 6.07) is 0.997. The van der Waals surface area contributed by atoms with Crippen molar-refractivity contribution in [2.75, 3.05) is 23.0 Å². The minimum atomic E-state index is -1.25. The number of carboxylic acids is 2. The number of thioether (sulfide) groups is 2. The van der Waals surface area contributed by atoms with Crippen LogP contribution in [0.4, 0.5) is 5.13 Å². The molecule has 2 atom stereocenters. The minimum Gasteiger partial charge on any atom is -0.481 e. The van der Waals surface area contributed by atoms with E-state index in [0.29, 0.717) is 17.1 Å². The van der Waals surface area contributed by atoms with Gasteiger partial charge in [0, 0.05) is 16.9 Å². The number of β-lactam (4-membered cyclic amide) rings is 1. The fourth-order valence-corrected chi connectivity index (χ4v) is 5.86. The standard InChI is InChI=1S/C18H17N5O6S3/c19-3-4-30-5-8-6-31-16-12(15(27)23(16)13(8)17(28)29)22-14(26)9(1-2-11(24)25)10-7-32-18(20)21-10/h1,7,12,16H,2,4-6H2,(H2,20,21)(H,22,26)(H,24,25)(H,28,29)/t12-,16-/m1/s1. The summed E-state index contributed by atoms with van der Waals surface area (Å²) < 4.78 is 0. The molecule has 32 heavy (non-hydrogen) atoms. The van der Waals surface area contributed by atoms with E-state index in [-0.39, 0.29) is 27.8 Å². The van der Waals surface area contributed by atoms with Gasteiger partial charge in [-0.15, -0.1) is 34.9 Å². The largest absolute Gasteiger partial charge is 0.481 e. The molecule has 0 aliphatic carbocycles. The fourth-order valence-electron chi connectivity index (χ4n) is 3.15. The Labute approximate surface area is 194 Å². The zero-order valence-electron chi connectivity index (χ0n) is 16.3. The van der Waals surface area contributed by atoms with E-state index in [0.717, 1.165) is 16.2 Å². The SMILES string of the molecule is N#CCSCC1=C(C(=O)O)N2C(=O)[C@@H](NC(=O)C(=CCC(=O)O)c3csc(N)n3)[C@H]2SC1. The molecule has 3 heterocycles. The Morgan fingerprint density at radius 3 is 2.78 bits per heavy atom. The van der Waals surface area contributed by atoms with Crippen LogP contribution in [-0.4, -0.2) is 72.5 Å². The number of aromatic nitrogens is 1. The molecule has 5 N–H and O–H groups in total. The predicted octanol–water partition coefficient (Wildman–Crippen LogP) is 0.579. The van der Waals surface area contributed by atoms with Gasteiger partial charge in [0.1, 0.15) is 17.1 Å². The number of carboxylic acid groups (broad SMARTS) is 2. The number of thiazole rings is 1. The van der Waals surface area contributed by atoms with Gasteiger partial charge in [-0.25, -0.2) is 9.78 Å². The monoisotopic (exact) mass is 495 g/mol. The van der Waals surface area contributed by atoms with Gasteiger partial charge in [0.25, 0.3) is 11.8 Å². The Hall–Kier alpha value is -3.02. The number of nitrogen functional groups attached to an aromatic ring is 1. The number of nitriles is 1. The van der Waals surface area contributed by atoms with Crippen LogP contribution in [0.5, 0.6) is 0 Å². The molecule has 1 aromatic rings. The van der Waals surface area contributed by atoms with E-state index in [1.807, 2.05) is 6.07 Å². The zero-order valence-corrected chi connectivity index (χ0v) is 18.8. The number of aliphatic carboxylic acids is 2. The Morgan fingerprint density at radius 1 is 1.44 bits per heavy atom. The Bertz CT molecular complexity index is 1080. The molecule has 0 unspecified atom stereocenters. The topological polar surface area (TPSA) is 187 Å². The zero-order chi connectivity index (χ0) is 23.4. The number of fused-ring (bicyclic) bond motifs is 1. The molecular formula is C18H17N5O6S3. The average Bonchev–Trinajstić information content (AvgIpc) is 3.17. The first kappa shape index (κ1) is 23.6. The van der Waals surface area contributed by atoms with Gasteiger partial charge in [-0.1, -0.05) is 6.08 Å². The molecular weight excluding hydrogens is 478 g/mol. The lowest BCUT2D eigenvalue weighted by Crippen LogP contribution is -2.70. The third kappa shape index (κ3) is 4.90. The smallest absolute Gasteiger partial charge is 0.352 e. The van der Waals surface area contributed by atoms with Crippen LogP contribution in [0.25, 0.3) is 5.57 Å². The van der Waals surface area contributed by atoms with E-state index in [1.54, 1.807) is 0 Å². The number of hydrogen-bond acceptors (Lipinski definition) is 10. The highest BCUT2D eigenvalue weighted by Gasteiger charge is 2.54. The van der Waals surface area contributed by atoms with Crippen LogP contribution in [0.2, 0.25) is 0 Å². The fraction of sp³-hybridized carbons (Fsp3) is 0.333. The highest BCUT2D eigenvalue weighted by atomic mass is 32.2. The molecule has 3 rings (SSSR count). The highest BCUT2D eigenvalue weighted by molar-refractivity contribution is 8.01. The molecule has 1 fully saturated rings. The normalized spacial score (nSPS) is 20.3.